The van der Waals surface area contributed by atoms with Crippen molar-refractivity contribution in [1.82, 2.24) is 4.57 Å². The van der Waals surface area contributed by atoms with Crippen molar-refractivity contribution in [2.45, 2.75) is 6.54 Å². The summed E-state index contributed by atoms with van der Waals surface area (Å²) in [6.45, 7) is 0.608. The molecule has 2 nitrogen and oxygen atoms in total. The number of para-hydroxylation sites is 1. The molecule has 3 rings (SSSR count). The maximum Gasteiger partial charge on any atom is 0.252 e. The summed E-state index contributed by atoms with van der Waals surface area (Å²) in [5.74, 6) is 0. The van der Waals surface area contributed by atoms with E-state index in [9.17, 15) is 4.79 Å². The fourth-order valence-corrected chi connectivity index (χ4v) is 2.95. The van der Waals surface area contributed by atoms with Crippen LogP contribution in [0.3, 0.4) is 0 Å². The summed E-state index contributed by atoms with van der Waals surface area (Å²) in [6, 6.07) is 19.8. The number of hydrogen-bond donors (Lipinski definition) is 0. The highest BCUT2D eigenvalue weighted by molar-refractivity contribution is 14.1. The lowest BCUT2D eigenvalue weighted by Gasteiger charge is -2.11. The second-order valence-corrected chi connectivity index (χ2v) is 5.58. The SMILES string of the molecule is O=c1cc(I)c2ccccc2n1Cc1ccccc1. The number of nitrogens with zero attached hydrogens (tertiary/aromatic N) is 1. The van der Waals surface area contributed by atoms with Crippen LogP contribution in [0.4, 0.5) is 0 Å². The second kappa shape index (κ2) is 5.17. The van der Waals surface area contributed by atoms with Crippen LogP contribution in [0.5, 0.6) is 0 Å². The van der Waals surface area contributed by atoms with Crippen molar-refractivity contribution < 1.29 is 0 Å². The van der Waals surface area contributed by atoms with Crippen LogP contribution >= 0.6 is 22.6 Å². The standard InChI is InChI=1S/C16H12INO/c17-14-10-16(19)18(11-12-6-2-1-3-7-12)15-9-5-4-8-13(14)15/h1-10H,11H2. The molecular formula is C16H12INO. The molecule has 0 aliphatic rings. The van der Waals surface area contributed by atoms with Crippen molar-refractivity contribution in [2.75, 3.05) is 0 Å². The van der Waals surface area contributed by atoms with Gasteiger partial charge in [-0.1, -0.05) is 48.5 Å². The fourth-order valence-electron chi connectivity index (χ4n) is 2.22. The Kier molecular flexibility index (Phi) is 3.38. The second-order valence-electron chi connectivity index (χ2n) is 4.42. The Morgan fingerprint density at radius 2 is 1.63 bits per heavy atom. The Morgan fingerprint density at radius 1 is 0.947 bits per heavy atom. The number of benzene rings is 2. The molecule has 0 bridgehead atoms. The first-order valence-corrected chi connectivity index (χ1v) is 7.15. The van der Waals surface area contributed by atoms with E-state index in [1.807, 2.05) is 53.1 Å². The molecule has 94 valence electrons. The molecule has 0 spiro atoms. The van der Waals surface area contributed by atoms with E-state index >= 15 is 0 Å². The van der Waals surface area contributed by atoms with Crippen LogP contribution in [0.2, 0.25) is 0 Å². The van der Waals surface area contributed by atoms with Crippen molar-refractivity contribution in [2.24, 2.45) is 0 Å². The van der Waals surface area contributed by atoms with E-state index in [1.54, 1.807) is 6.07 Å². The lowest BCUT2D eigenvalue weighted by Crippen LogP contribution is -2.20. The highest BCUT2D eigenvalue weighted by atomic mass is 127. The maximum atomic E-state index is 12.2. The van der Waals surface area contributed by atoms with Gasteiger partial charge in [-0.25, -0.2) is 0 Å². The van der Waals surface area contributed by atoms with Gasteiger partial charge >= 0.3 is 0 Å². The molecule has 2 aromatic carbocycles. The Labute approximate surface area is 124 Å². The van der Waals surface area contributed by atoms with Gasteiger partial charge in [-0.2, -0.15) is 0 Å². The Bertz CT molecular complexity index is 778. The van der Waals surface area contributed by atoms with Gasteiger partial charge in [0.1, 0.15) is 0 Å². The number of hydrogen-bond acceptors (Lipinski definition) is 1. The highest BCUT2D eigenvalue weighted by Crippen LogP contribution is 2.19. The van der Waals surface area contributed by atoms with Crippen molar-refractivity contribution in [1.29, 1.82) is 0 Å². The van der Waals surface area contributed by atoms with Crippen LogP contribution in [0.15, 0.2) is 65.5 Å². The summed E-state index contributed by atoms with van der Waals surface area (Å²) in [6.07, 6.45) is 0. The zero-order chi connectivity index (χ0) is 13.2. The zero-order valence-corrected chi connectivity index (χ0v) is 12.4. The molecule has 0 fully saturated rings. The number of pyridine rings is 1. The van der Waals surface area contributed by atoms with Gasteiger partial charge in [0.2, 0.25) is 0 Å². The summed E-state index contributed by atoms with van der Waals surface area (Å²) in [5.41, 5.74) is 2.17. The Balaban J connectivity index is 2.21. The largest absolute Gasteiger partial charge is 0.304 e. The van der Waals surface area contributed by atoms with Crippen LogP contribution in [0.25, 0.3) is 10.9 Å². The van der Waals surface area contributed by atoms with Crippen LogP contribution < -0.4 is 5.56 Å². The minimum Gasteiger partial charge on any atom is -0.304 e. The zero-order valence-electron chi connectivity index (χ0n) is 10.2. The topological polar surface area (TPSA) is 22.0 Å². The molecule has 0 aliphatic carbocycles. The Morgan fingerprint density at radius 3 is 2.42 bits per heavy atom. The lowest BCUT2D eigenvalue weighted by molar-refractivity contribution is 0.793. The van der Waals surface area contributed by atoms with E-state index in [4.69, 9.17) is 0 Å². The third-order valence-electron chi connectivity index (χ3n) is 3.15. The Hall–Kier alpha value is -1.62. The quantitative estimate of drug-likeness (QED) is 0.639. The van der Waals surface area contributed by atoms with Gasteiger partial charge in [0.25, 0.3) is 5.56 Å². The number of aromatic nitrogens is 1. The van der Waals surface area contributed by atoms with Crippen LogP contribution in [0, 0.1) is 3.57 Å². The van der Waals surface area contributed by atoms with Gasteiger partial charge < -0.3 is 4.57 Å². The molecule has 3 aromatic rings. The average Bonchev–Trinajstić information content (AvgIpc) is 2.45. The van der Waals surface area contributed by atoms with E-state index in [0.29, 0.717) is 6.54 Å². The molecule has 0 atom stereocenters. The van der Waals surface area contributed by atoms with E-state index in [-0.39, 0.29) is 5.56 Å². The van der Waals surface area contributed by atoms with E-state index in [0.717, 1.165) is 20.0 Å². The molecule has 0 radical (unpaired) electrons. The molecule has 0 aliphatic heterocycles. The van der Waals surface area contributed by atoms with Crippen LogP contribution in [-0.4, -0.2) is 4.57 Å². The van der Waals surface area contributed by atoms with Crippen molar-refractivity contribution in [3.8, 4) is 0 Å². The average molecular weight is 361 g/mol. The van der Waals surface area contributed by atoms with Gasteiger partial charge in [-0.15, -0.1) is 0 Å². The molecule has 3 heteroatoms. The van der Waals surface area contributed by atoms with Gasteiger partial charge in [0.15, 0.2) is 0 Å². The van der Waals surface area contributed by atoms with Gasteiger partial charge in [0.05, 0.1) is 12.1 Å². The van der Waals surface area contributed by atoms with Crippen molar-refractivity contribution in [3.05, 3.63) is 80.2 Å². The first-order valence-electron chi connectivity index (χ1n) is 6.08. The minimum absolute atomic E-state index is 0.0481. The molecular weight excluding hydrogens is 349 g/mol. The number of fused-ring (bicyclic) bond motifs is 1. The van der Waals surface area contributed by atoms with E-state index in [1.165, 1.54) is 0 Å². The van der Waals surface area contributed by atoms with Gasteiger partial charge in [-0.05, 0) is 34.2 Å². The van der Waals surface area contributed by atoms with Crippen molar-refractivity contribution >= 4 is 33.5 Å². The third-order valence-corrected chi connectivity index (χ3v) is 4.04. The van der Waals surface area contributed by atoms with Crippen LogP contribution in [-0.2, 0) is 6.54 Å². The first kappa shape index (κ1) is 12.4. The smallest absolute Gasteiger partial charge is 0.252 e. The van der Waals surface area contributed by atoms with E-state index < -0.39 is 0 Å². The first-order chi connectivity index (χ1) is 9.25. The summed E-state index contributed by atoms with van der Waals surface area (Å²) in [4.78, 5) is 12.2. The molecule has 1 aromatic heterocycles. The third kappa shape index (κ3) is 2.42. The number of halogens is 1. The van der Waals surface area contributed by atoms with Gasteiger partial charge in [-0.3, -0.25) is 4.79 Å². The fraction of sp³-hybridized carbons (Fsp3) is 0.0625. The van der Waals surface area contributed by atoms with Crippen LogP contribution in [0.1, 0.15) is 5.56 Å². The van der Waals surface area contributed by atoms with Crippen molar-refractivity contribution in [3.63, 3.8) is 0 Å². The van der Waals surface area contributed by atoms with Gasteiger partial charge in [0, 0.05) is 15.0 Å². The minimum atomic E-state index is 0.0481. The predicted octanol–water partition coefficient (Wildman–Crippen LogP) is 3.65. The normalized spacial score (nSPS) is 10.8. The molecule has 1 heterocycles. The molecule has 19 heavy (non-hydrogen) atoms. The monoisotopic (exact) mass is 361 g/mol. The predicted molar refractivity (Wildman–Crippen MR) is 86.5 cm³/mol. The summed E-state index contributed by atoms with van der Waals surface area (Å²) < 4.78 is 2.83. The lowest BCUT2D eigenvalue weighted by atomic mass is 10.2. The summed E-state index contributed by atoms with van der Waals surface area (Å²) in [5, 5.41) is 1.12. The molecule has 0 saturated heterocycles. The number of rotatable bonds is 2. The summed E-state index contributed by atoms with van der Waals surface area (Å²) in [7, 11) is 0. The van der Waals surface area contributed by atoms with E-state index in [2.05, 4.69) is 28.7 Å². The molecule has 0 amide bonds. The molecule has 0 saturated carbocycles. The molecule has 0 unspecified atom stereocenters. The highest BCUT2D eigenvalue weighted by Gasteiger charge is 2.06. The molecule has 0 N–H and O–H groups in total. The summed E-state index contributed by atoms with van der Waals surface area (Å²) >= 11 is 2.22. The maximum absolute atomic E-state index is 12.2.